The Balaban J connectivity index is 2.55. The molecule has 0 unspecified atom stereocenters. The van der Waals surface area contributed by atoms with Crippen molar-refractivity contribution >= 4 is 17.0 Å². The fourth-order valence-electron chi connectivity index (χ4n) is 1.96. The Hall–Kier alpha value is -2.32. The Bertz CT molecular complexity index is 689. The third-order valence-corrected chi connectivity index (χ3v) is 2.75. The van der Waals surface area contributed by atoms with Crippen molar-refractivity contribution < 1.29 is 14.6 Å². The van der Waals surface area contributed by atoms with E-state index in [0.29, 0.717) is 16.5 Å². The van der Waals surface area contributed by atoms with Crippen LogP contribution in [0.4, 0.5) is 4.79 Å². The molecule has 0 aliphatic heterocycles. The number of aliphatic hydroxyl groups excluding tert-OH is 1. The lowest BCUT2D eigenvalue weighted by Gasteiger charge is -2.19. The molecule has 0 saturated heterocycles. The monoisotopic (exact) mass is 272 g/mol. The van der Waals surface area contributed by atoms with Gasteiger partial charge in [0.15, 0.2) is 6.10 Å². The van der Waals surface area contributed by atoms with Crippen LogP contribution < -0.4 is 0 Å². The molecule has 1 aromatic heterocycles. The summed E-state index contributed by atoms with van der Waals surface area (Å²) in [7, 11) is 0. The molecule has 1 N–H and O–H groups in total. The molecule has 0 radical (unpaired) electrons. The number of para-hydroxylation sites is 1. The molecule has 1 atom stereocenters. The largest absolute Gasteiger partial charge is 0.443 e. The molecule has 0 saturated carbocycles. The highest BCUT2D eigenvalue weighted by Crippen LogP contribution is 2.27. The second-order valence-corrected chi connectivity index (χ2v) is 5.48. The summed E-state index contributed by atoms with van der Waals surface area (Å²) in [6.07, 6.45) is -0.360. The van der Waals surface area contributed by atoms with Crippen LogP contribution in [0.5, 0.6) is 0 Å². The third-order valence-electron chi connectivity index (χ3n) is 2.75. The number of ether oxygens (including phenoxy) is 1. The van der Waals surface area contributed by atoms with E-state index in [9.17, 15) is 9.90 Å². The van der Waals surface area contributed by atoms with Crippen molar-refractivity contribution in [3.63, 3.8) is 0 Å². The first-order valence-corrected chi connectivity index (χ1v) is 6.24. The molecule has 1 aromatic carbocycles. The minimum Gasteiger partial charge on any atom is -0.443 e. The van der Waals surface area contributed by atoms with Gasteiger partial charge in [-0.2, -0.15) is 5.26 Å². The maximum absolute atomic E-state index is 12.2. The summed E-state index contributed by atoms with van der Waals surface area (Å²) in [6, 6.07) is 8.83. The van der Waals surface area contributed by atoms with Crippen molar-refractivity contribution in [2.75, 3.05) is 0 Å². The number of aromatic nitrogens is 1. The van der Waals surface area contributed by atoms with E-state index in [2.05, 4.69) is 0 Å². The molecule has 5 nitrogen and oxygen atoms in total. The molecule has 5 heteroatoms. The van der Waals surface area contributed by atoms with Crippen LogP contribution in [0.1, 0.15) is 32.4 Å². The Morgan fingerprint density at radius 3 is 2.65 bits per heavy atom. The van der Waals surface area contributed by atoms with E-state index in [4.69, 9.17) is 10.00 Å². The van der Waals surface area contributed by atoms with E-state index in [-0.39, 0.29) is 0 Å². The van der Waals surface area contributed by atoms with E-state index < -0.39 is 17.8 Å². The van der Waals surface area contributed by atoms with Crippen molar-refractivity contribution in [1.29, 1.82) is 5.26 Å². The maximum atomic E-state index is 12.2. The van der Waals surface area contributed by atoms with Gasteiger partial charge in [-0.05, 0) is 26.8 Å². The van der Waals surface area contributed by atoms with Crippen LogP contribution in [0, 0.1) is 11.3 Å². The molecule has 1 heterocycles. The number of carbonyl (C=O) groups is 1. The number of rotatable bonds is 1. The highest BCUT2D eigenvalue weighted by atomic mass is 16.6. The van der Waals surface area contributed by atoms with Crippen molar-refractivity contribution in [2.24, 2.45) is 0 Å². The molecule has 0 aliphatic rings. The van der Waals surface area contributed by atoms with Crippen molar-refractivity contribution in [1.82, 2.24) is 4.57 Å². The minimum atomic E-state index is -1.27. The first kappa shape index (κ1) is 14.1. The van der Waals surface area contributed by atoms with Gasteiger partial charge in [-0.25, -0.2) is 4.79 Å². The molecule has 0 amide bonds. The predicted molar refractivity (Wildman–Crippen MR) is 74.1 cm³/mol. The van der Waals surface area contributed by atoms with Crippen LogP contribution in [0.2, 0.25) is 0 Å². The molecule has 0 spiro atoms. The van der Waals surface area contributed by atoms with Crippen LogP contribution in [-0.4, -0.2) is 21.4 Å². The van der Waals surface area contributed by atoms with Gasteiger partial charge < -0.3 is 9.84 Å². The standard InChI is InChI=1S/C15H16N2O3/c1-15(2,3)20-14(19)17-9-11(13(18)8-16)10-6-4-5-7-12(10)17/h4-7,9,13,18H,1-3H3/t13-/m0/s1. The van der Waals surface area contributed by atoms with Crippen molar-refractivity contribution in [2.45, 2.75) is 32.5 Å². The minimum absolute atomic E-state index is 0.397. The molecular weight excluding hydrogens is 256 g/mol. The molecule has 0 bridgehead atoms. The summed E-state index contributed by atoms with van der Waals surface area (Å²) in [5, 5.41) is 19.2. The molecule has 104 valence electrons. The quantitative estimate of drug-likeness (QED) is 0.810. The molecule has 0 aliphatic carbocycles. The van der Waals surface area contributed by atoms with Gasteiger partial charge in [0.05, 0.1) is 11.6 Å². The number of hydrogen-bond acceptors (Lipinski definition) is 4. The van der Waals surface area contributed by atoms with E-state index in [1.807, 2.05) is 0 Å². The van der Waals surface area contributed by atoms with Gasteiger partial charge in [0.1, 0.15) is 5.60 Å². The van der Waals surface area contributed by atoms with E-state index in [1.54, 1.807) is 51.1 Å². The topological polar surface area (TPSA) is 75.2 Å². The van der Waals surface area contributed by atoms with Gasteiger partial charge in [-0.3, -0.25) is 4.57 Å². The lowest BCUT2D eigenvalue weighted by molar-refractivity contribution is 0.0544. The molecular formula is C15H16N2O3. The lowest BCUT2D eigenvalue weighted by Crippen LogP contribution is -2.26. The maximum Gasteiger partial charge on any atom is 0.419 e. The van der Waals surface area contributed by atoms with Gasteiger partial charge in [-0.1, -0.05) is 18.2 Å². The second-order valence-electron chi connectivity index (χ2n) is 5.48. The first-order chi connectivity index (χ1) is 9.33. The van der Waals surface area contributed by atoms with Crippen LogP contribution >= 0.6 is 0 Å². The highest BCUT2D eigenvalue weighted by Gasteiger charge is 2.22. The molecule has 20 heavy (non-hydrogen) atoms. The van der Waals surface area contributed by atoms with Gasteiger partial charge in [-0.15, -0.1) is 0 Å². The van der Waals surface area contributed by atoms with E-state index in [1.165, 1.54) is 10.8 Å². The number of fused-ring (bicyclic) bond motifs is 1. The second kappa shape index (κ2) is 4.99. The van der Waals surface area contributed by atoms with Crippen LogP contribution in [0.25, 0.3) is 10.9 Å². The number of carbonyl (C=O) groups excluding carboxylic acids is 1. The zero-order chi connectivity index (χ0) is 14.9. The number of nitrogens with zero attached hydrogens (tertiary/aromatic N) is 2. The van der Waals surface area contributed by atoms with E-state index >= 15 is 0 Å². The summed E-state index contributed by atoms with van der Waals surface area (Å²) in [5.74, 6) is 0. The SMILES string of the molecule is CC(C)(C)OC(=O)n1cc([C@@H](O)C#N)c2ccccc21. The summed E-state index contributed by atoms with van der Waals surface area (Å²) in [5.41, 5.74) is 0.385. The molecule has 2 aromatic rings. The number of nitriles is 1. The highest BCUT2D eigenvalue weighted by molar-refractivity contribution is 5.92. The van der Waals surface area contributed by atoms with Crippen LogP contribution in [0.15, 0.2) is 30.5 Å². The Morgan fingerprint density at radius 2 is 2.05 bits per heavy atom. The van der Waals surface area contributed by atoms with Gasteiger partial charge >= 0.3 is 6.09 Å². The Morgan fingerprint density at radius 1 is 1.40 bits per heavy atom. The van der Waals surface area contributed by atoms with Crippen molar-refractivity contribution in [3.8, 4) is 6.07 Å². The average molecular weight is 272 g/mol. The van der Waals surface area contributed by atoms with Crippen molar-refractivity contribution in [3.05, 3.63) is 36.0 Å². The third kappa shape index (κ3) is 2.65. The molecule has 2 rings (SSSR count). The van der Waals surface area contributed by atoms with Crippen LogP contribution in [-0.2, 0) is 4.74 Å². The molecule has 0 fully saturated rings. The predicted octanol–water partition coefficient (Wildman–Crippen LogP) is 2.98. The fraction of sp³-hybridized carbons (Fsp3) is 0.333. The average Bonchev–Trinajstić information content (AvgIpc) is 2.75. The zero-order valence-electron chi connectivity index (χ0n) is 11.6. The smallest absolute Gasteiger partial charge is 0.419 e. The van der Waals surface area contributed by atoms with E-state index in [0.717, 1.165) is 0 Å². The Labute approximate surface area is 117 Å². The van der Waals surface area contributed by atoms with Gasteiger partial charge in [0, 0.05) is 17.1 Å². The number of hydrogen-bond donors (Lipinski definition) is 1. The zero-order valence-corrected chi connectivity index (χ0v) is 11.6. The fourth-order valence-corrected chi connectivity index (χ4v) is 1.96. The summed E-state index contributed by atoms with van der Waals surface area (Å²) < 4.78 is 6.63. The Kier molecular flexibility index (Phi) is 3.51. The van der Waals surface area contributed by atoms with Gasteiger partial charge in [0.2, 0.25) is 0 Å². The summed E-state index contributed by atoms with van der Waals surface area (Å²) in [4.78, 5) is 12.2. The summed E-state index contributed by atoms with van der Waals surface area (Å²) >= 11 is 0. The normalized spacial score (nSPS) is 12.9. The number of benzene rings is 1. The number of aliphatic hydroxyl groups is 1. The van der Waals surface area contributed by atoms with Gasteiger partial charge in [0.25, 0.3) is 0 Å². The van der Waals surface area contributed by atoms with Crippen LogP contribution in [0.3, 0.4) is 0 Å². The first-order valence-electron chi connectivity index (χ1n) is 6.24. The lowest BCUT2D eigenvalue weighted by atomic mass is 10.1. The summed E-state index contributed by atoms with van der Waals surface area (Å²) in [6.45, 7) is 5.34.